The van der Waals surface area contributed by atoms with Crippen LogP contribution in [0.15, 0.2) is 29.2 Å². The van der Waals surface area contributed by atoms with Crippen molar-refractivity contribution in [3.8, 4) is 0 Å². The first-order chi connectivity index (χ1) is 11.3. The number of nitrogens with one attached hydrogen (secondary N) is 1. The minimum absolute atomic E-state index is 0.00773. The van der Waals surface area contributed by atoms with Gasteiger partial charge in [0.15, 0.2) is 0 Å². The average molecular weight is 356 g/mol. The zero-order valence-corrected chi connectivity index (χ0v) is 14.1. The molecule has 0 saturated carbocycles. The van der Waals surface area contributed by atoms with Gasteiger partial charge >= 0.3 is 5.97 Å². The maximum Gasteiger partial charge on any atom is 0.309 e. The average Bonchev–Trinajstić information content (AvgIpc) is 2.85. The molecule has 1 heterocycles. The first-order valence-corrected chi connectivity index (χ1v) is 9.22. The Labute approximate surface area is 140 Å². The van der Waals surface area contributed by atoms with Crippen molar-refractivity contribution in [3.05, 3.63) is 34.4 Å². The highest BCUT2D eigenvalue weighted by atomic mass is 32.2. The number of rotatable bonds is 8. The number of carbonyl (C=O) groups is 1. The van der Waals surface area contributed by atoms with Crippen LogP contribution in [0.25, 0.3) is 0 Å². The second kappa shape index (κ2) is 7.71. The zero-order valence-electron chi connectivity index (χ0n) is 13.3. The maximum absolute atomic E-state index is 12.1. The summed E-state index contributed by atoms with van der Waals surface area (Å²) in [5.41, 5.74) is -0.158. The molecule has 0 aliphatic carbocycles. The number of nitro groups is 1. The van der Waals surface area contributed by atoms with Gasteiger partial charge in [-0.1, -0.05) is 6.92 Å². The predicted molar refractivity (Wildman–Crippen MR) is 85.8 cm³/mol. The Morgan fingerprint density at radius 2 is 1.96 bits per heavy atom. The molecule has 2 atom stereocenters. The van der Waals surface area contributed by atoms with Crippen molar-refractivity contribution in [2.75, 3.05) is 6.54 Å². The van der Waals surface area contributed by atoms with Gasteiger partial charge in [-0.2, -0.15) is 0 Å². The van der Waals surface area contributed by atoms with E-state index in [4.69, 9.17) is 4.74 Å². The van der Waals surface area contributed by atoms with Crippen LogP contribution in [0.1, 0.15) is 32.6 Å². The number of unbranched alkanes of at least 4 members (excludes halogenated alkanes) is 1. The van der Waals surface area contributed by atoms with E-state index in [-0.39, 0.29) is 35.1 Å². The molecule has 0 spiro atoms. The third-order valence-corrected chi connectivity index (χ3v) is 5.38. The van der Waals surface area contributed by atoms with Crippen molar-refractivity contribution in [2.24, 2.45) is 5.92 Å². The van der Waals surface area contributed by atoms with Gasteiger partial charge in [0.05, 0.1) is 15.7 Å². The fraction of sp³-hybridized carbons (Fsp3) is 0.533. The molecule has 0 radical (unpaired) electrons. The molecule has 9 heteroatoms. The topological polar surface area (TPSA) is 116 Å². The Morgan fingerprint density at radius 3 is 2.50 bits per heavy atom. The first kappa shape index (κ1) is 18.3. The lowest BCUT2D eigenvalue weighted by Gasteiger charge is -2.09. The van der Waals surface area contributed by atoms with Gasteiger partial charge in [0, 0.05) is 18.7 Å². The van der Waals surface area contributed by atoms with Crippen LogP contribution in [0.3, 0.4) is 0 Å². The fourth-order valence-corrected chi connectivity index (χ4v) is 3.60. The minimum Gasteiger partial charge on any atom is -0.462 e. The molecular weight excluding hydrogens is 336 g/mol. The lowest BCUT2D eigenvalue weighted by atomic mass is 10.0. The third-order valence-electron chi connectivity index (χ3n) is 3.90. The molecule has 0 aromatic heterocycles. The number of sulfonamides is 1. The number of nitrogens with zero attached hydrogens (tertiary/aromatic N) is 1. The van der Waals surface area contributed by atoms with Crippen molar-refractivity contribution in [3.63, 3.8) is 0 Å². The summed E-state index contributed by atoms with van der Waals surface area (Å²) in [5.74, 6) is -0.227. The lowest BCUT2D eigenvalue weighted by molar-refractivity contribution is -0.384. The van der Waals surface area contributed by atoms with Gasteiger partial charge < -0.3 is 4.74 Å². The van der Waals surface area contributed by atoms with Crippen LogP contribution in [0.2, 0.25) is 0 Å². The molecule has 0 bridgehead atoms. The maximum atomic E-state index is 12.1. The number of nitro benzene ring substituents is 1. The Morgan fingerprint density at radius 1 is 1.29 bits per heavy atom. The van der Waals surface area contributed by atoms with Gasteiger partial charge in [-0.3, -0.25) is 14.9 Å². The van der Waals surface area contributed by atoms with E-state index in [0.717, 1.165) is 25.0 Å². The number of ether oxygens (including phenoxy) is 1. The van der Waals surface area contributed by atoms with Crippen molar-refractivity contribution >= 4 is 21.7 Å². The Balaban J connectivity index is 1.74. The van der Waals surface area contributed by atoms with Gasteiger partial charge in [-0.05, 0) is 37.8 Å². The van der Waals surface area contributed by atoms with Crippen molar-refractivity contribution < 1.29 is 22.9 Å². The highest BCUT2D eigenvalue weighted by Gasteiger charge is 2.30. The van der Waals surface area contributed by atoms with Crippen LogP contribution in [-0.2, 0) is 19.6 Å². The van der Waals surface area contributed by atoms with Crippen LogP contribution >= 0.6 is 0 Å². The molecule has 1 aliphatic rings. The second-order valence-electron chi connectivity index (χ2n) is 5.84. The molecule has 2 rings (SSSR count). The molecule has 1 N–H and O–H groups in total. The van der Waals surface area contributed by atoms with E-state index in [1.54, 1.807) is 0 Å². The molecule has 1 aromatic carbocycles. The number of hydrogen-bond acceptors (Lipinski definition) is 6. The SMILES string of the molecule is C[C@@H]1C[C@@H](CCCCNS(=O)(=O)c2ccc([N+](=O)[O-])cc2)OC1=O. The molecule has 1 fully saturated rings. The number of carbonyl (C=O) groups excluding carboxylic acids is 1. The Bertz CT molecular complexity index is 701. The quantitative estimate of drug-likeness (QED) is 0.330. The van der Waals surface area contributed by atoms with Crippen LogP contribution in [-0.4, -0.2) is 32.0 Å². The van der Waals surface area contributed by atoms with E-state index in [0.29, 0.717) is 12.8 Å². The summed E-state index contributed by atoms with van der Waals surface area (Å²) in [4.78, 5) is 21.2. The fourth-order valence-electron chi connectivity index (χ4n) is 2.53. The number of benzene rings is 1. The molecule has 1 aromatic rings. The van der Waals surface area contributed by atoms with E-state index < -0.39 is 14.9 Å². The van der Waals surface area contributed by atoms with E-state index in [1.165, 1.54) is 12.1 Å². The second-order valence-corrected chi connectivity index (χ2v) is 7.61. The highest BCUT2D eigenvalue weighted by molar-refractivity contribution is 7.89. The summed E-state index contributed by atoms with van der Waals surface area (Å²) in [7, 11) is -3.68. The largest absolute Gasteiger partial charge is 0.462 e. The molecular formula is C15H20N2O6S. The molecule has 24 heavy (non-hydrogen) atoms. The van der Waals surface area contributed by atoms with E-state index in [9.17, 15) is 23.3 Å². The summed E-state index contributed by atoms with van der Waals surface area (Å²) in [6, 6.07) is 4.73. The molecule has 132 valence electrons. The molecule has 1 aliphatic heterocycles. The van der Waals surface area contributed by atoms with Crippen LogP contribution in [0.4, 0.5) is 5.69 Å². The molecule has 8 nitrogen and oxygen atoms in total. The van der Waals surface area contributed by atoms with Gasteiger partial charge in [-0.25, -0.2) is 13.1 Å². The monoisotopic (exact) mass is 356 g/mol. The number of non-ortho nitro benzene ring substituents is 1. The predicted octanol–water partition coefficient (Wildman–Crippen LogP) is 2.00. The summed E-state index contributed by atoms with van der Waals surface area (Å²) in [5, 5.41) is 10.6. The van der Waals surface area contributed by atoms with E-state index >= 15 is 0 Å². The molecule has 0 unspecified atom stereocenters. The third kappa shape index (κ3) is 4.75. The Kier molecular flexibility index (Phi) is 5.89. The van der Waals surface area contributed by atoms with Gasteiger partial charge in [0.1, 0.15) is 6.10 Å². The summed E-state index contributed by atoms with van der Waals surface area (Å²) in [6.07, 6.45) is 2.73. The van der Waals surface area contributed by atoms with Crippen LogP contribution in [0.5, 0.6) is 0 Å². The number of esters is 1. The smallest absolute Gasteiger partial charge is 0.309 e. The van der Waals surface area contributed by atoms with Crippen molar-refractivity contribution in [1.29, 1.82) is 0 Å². The van der Waals surface area contributed by atoms with Gasteiger partial charge in [0.2, 0.25) is 10.0 Å². The Hall–Kier alpha value is -2.00. The zero-order chi connectivity index (χ0) is 17.7. The van der Waals surface area contributed by atoms with Crippen molar-refractivity contribution in [2.45, 2.75) is 43.6 Å². The van der Waals surface area contributed by atoms with Crippen LogP contribution < -0.4 is 4.72 Å². The highest BCUT2D eigenvalue weighted by Crippen LogP contribution is 2.24. The standard InChI is InChI=1S/C15H20N2O6S/c1-11-10-13(23-15(11)18)4-2-3-9-16-24(21,22)14-7-5-12(6-8-14)17(19)20/h5-8,11,13,16H,2-4,9-10H2,1H3/t11-,13-/m1/s1. The lowest BCUT2D eigenvalue weighted by Crippen LogP contribution is -2.25. The van der Waals surface area contributed by atoms with Crippen LogP contribution in [0, 0.1) is 16.0 Å². The first-order valence-electron chi connectivity index (χ1n) is 7.74. The molecule has 0 amide bonds. The van der Waals surface area contributed by atoms with E-state index in [2.05, 4.69) is 4.72 Å². The van der Waals surface area contributed by atoms with Gasteiger partial charge in [-0.15, -0.1) is 0 Å². The summed E-state index contributed by atoms with van der Waals surface area (Å²) >= 11 is 0. The summed E-state index contributed by atoms with van der Waals surface area (Å²) in [6.45, 7) is 2.09. The van der Waals surface area contributed by atoms with E-state index in [1.807, 2.05) is 6.92 Å². The number of cyclic esters (lactones) is 1. The normalized spacial score (nSPS) is 20.8. The van der Waals surface area contributed by atoms with Gasteiger partial charge in [0.25, 0.3) is 5.69 Å². The summed E-state index contributed by atoms with van der Waals surface area (Å²) < 4.78 is 31.8. The minimum atomic E-state index is -3.68. The van der Waals surface area contributed by atoms with Crippen molar-refractivity contribution in [1.82, 2.24) is 4.72 Å². The molecule has 1 saturated heterocycles. The number of hydrogen-bond donors (Lipinski definition) is 1.